The van der Waals surface area contributed by atoms with Crippen LogP contribution < -0.4 is 5.32 Å². The lowest BCUT2D eigenvalue weighted by molar-refractivity contribution is 0.146. The molecule has 2 unspecified atom stereocenters. The van der Waals surface area contributed by atoms with E-state index in [4.69, 9.17) is 0 Å². The Morgan fingerprint density at radius 2 is 2.00 bits per heavy atom. The maximum atomic E-state index is 4.69. The van der Waals surface area contributed by atoms with Crippen LogP contribution in [0.3, 0.4) is 0 Å². The third-order valence-corrected chi connectivity index (χ3v) is 4.63. The predicted molar refractivity (Wildman–Crippen MR) is 89.4 cm³/mol. The molecule has 0 saturated heterocycles. The highest BCUT2D eigenvalue weighted by Crippen LogP contribution is 2.23. The van der Waals surface area contributed by atoms with Crippen LogP contribution in [-0.2, 0) is 6.54 Å². The molecule has 1 fully saturated rings. The van der Waals surface area contributed by atoms with E-state index in [1.165, 1.54) is 37.8 Å². The molecule has 2 atom stereocenters. The van der Waals surface area contributed by atoms with E-state index in [2.05, 4.69) is 54.2 Å². The van der Waals surface area contributed by atoms with Crippen LogP contribution in [0.15, 0.2) is 18.2 Å². The van der Waals surface area contributed by atoms with Gasteiger partial charge in [-0.3, -0.25) is 9.88 Å². The second-order valence-electron chi connectivity index (χ2n) is 6.20. The van der Waals surface area contributed by atoms with Crippen molar-refractivity contribution in [2.24, 2.45) is 0 Å². The molecule has 0 amide bonds. The third kappa shape index (κ3) is 4.79. The standard InChI is InChI=1S/C18H31N3/c1-4-19-17-12-7-6-8-13-18(17)21(5-2)14-16-11-9-10-15(3)20-16/h9-11,17-19H,4-8,12-14H2,1-3H3. The van der Waals surface area contributed by atoms with Gasteiger partial charge in [0.1, 0.15) is 0 Å². The van der Waals surface area contributed by atoms with Crippen molar-refractivity contribution in [1.29, 1.82) is 0 Å². The molecule has 21 heavy (non-hydrogen) atoms. The van der Waals surface area contributed by atoms with Crippen LogP contribution in [0.2, 0.25) is 0 Å². The van der Waals surface area contributed by atoms with Gasteiger partial charge in [0.05, 0.1) is 5.69 Å². The van der Waals surface area contributed by atoms with E-state index in [1.54, 1.807) is 0 Å². The van der Waals surface area contributed by atoms with Gasteiger partial charge in [0.25, 0.3) is 0 Å². The number of hydrogen-bond acceptors (Lipinski definition) is 3. The van der Waals surface area contributed by atoms with Crippen molar-refractivity contribution in [2.75, 3.05) is 13.1 Å². The van der Waals surface area contributed by atoms with Crippen molar-refractivity contribution in [3.8, 4) is 0 Å². The summed E-state index contributed by atoms with van der Waals surface area (Å²) >= 11 is 0. The average Bonchev–Trinajstić information content (AvgIpc) is 2.71. The lowest BCUT2D eigenvalue weighted by Gasteiger charge is -2.36. The average molecular weight is 289 g/mol. The molecule has 118 valence electrons. The van der Waals surface area contributed by atoms with Gasteiger partial charge in [-0.2, -0.15) is 0 Å². The molecule has 0 radical (unpaired) electrons. The number of nitrogens with one attached hydrogen (secondary N) is 1. The molecular weight excluding hydrogens is 258 g/mol. The second-order valence-corrected chi connectivity index (χ2v) is 6.20. The number of nitrogens with zero attached hydrogens (tertiary/aromatic N) is 2. The Kier molecular flexibility index (Phi) is 6.65. The smallest absolute Gasteiger partial charge is 0.0547 e. The van der Waals surface area contributed by atoms with Crippen LogP contribution in [-0.4, -0.2) is 35.1 Å². The molecule has 1 heterocycles. The molecule has 1 aromatic rings. The van der Waals surface area contributed by atoms with Crippen LogP contribution >= 0.6 is 0 Å². The SMILES string of the molecule is CCNC1CCCCCC1N(CC)Cc1cccc(C)n1. The molecule has 1 aliphatic rings. The number of rotatable bonds is 6. The quantitative estimate of drug-likeness (QED) is 0.812. The Bertz CT molecular complexity index is 419. The van der Waals surface area contributed by atoms with Gasteiger partial charge in [-0.25, -0.2) is 0 Å². The minimum absolute atomic E-state index is 0.641. The minimum Gasteiger partial charge on any atom is -0.313 e. The van der Waals surface area contributed by atoms with E-state index in [9.17, 15) is 0 Å². The fourth-order valence-corrected chi connectivity index (χ4v) is 3.58. The molecule has 3 heteroatoms. The molecule has 3 nitrogen and oxygen atoms in total. The first-order valence-electron chi connectivity index (χ1n) is 8.64. The van der Waals surface area contributed by atoms with Crippen LogP contribution in [0, 0.1) is 6.92 Å². The lowest BCUT2D eigenvalue weighted by atomic mass is 10.0. The molecule has 1 saturated carbocycles. The van der Waals surface area contributed by atoms with Crippen molar-refractivity contribution >= 4 is 0 Å². The van der Waals surface area contributed by atoms with Crippen LogP contribution in [0.5, 0.6) is 0 Å². The van der Waals surface area contributed by atoms with E-state index in [0.29, 0.717) is 12.1 Å². The Balaban J connectivity index is 2.09. The highest BCUT2D eigenvalue weighted by atomic mass is 15.2. The minimum atomic E-state index is 0.641. The van der Waals surface area contributed by atoms with Gasteiger partial charge in [-0.05, 0) is 45.0 Å². The Labute approximate surface area is 130 Å². The topological polar surface area (TPSA) is 28.2 Å². The fraction of sp³-hybridized carbons (Fsp3) is 0.722. The molecule has 1 aromatic heterocycles. The summed E-state index contributed by atoms with van der Waals surface area (Å²) in [4.78, 5) is 7.31. The van der Waals surface area contributed by atoms with Gasteiger partial charge in [-0.15, -0.1) is 0 Å². The molecule has 0 spiro atoms. The predicted octanol–water partition coefficient (Wildman–Crippen LogP) is 3.52. The molecule has 0 aromatic carbocycles. The number of aryl methyl sites for hydroxylation is 1. The summed E-state index contributed by atoms with van der Waals surface area (Å²) < 4.78 is 0. The van der Waals surface area contributed by atoms with Gasteiger partial charge in [0.15, 0.2) is 0 Å². The summed E-state index contributed by atoms with van der Waals surface area (Å²) in [5.41, 5.74) is 2.32. The molecular formula is C18H31N3. The zero-order valence-electron chi connectivity index (χ0n) is 13.9. The van der Waals surface area contributed by atoms with Crippen LogP contribution in [0.4, 0.5) is 0 Å². The number of hydrogen-bond donors (Lipinski definition) is 1. The highest BCUT2D eigenvalue weighted by molar-refractivity contribution is 5.10. The van der Waals surface area contributed by atoms with E-state index in [1.807, 2.05) is 0 Å². The number of likely N-dealkylation sites (N-methyl/N-ethyl adjacent to an activating group) is 2. The molecule has 1 aliphatic carbocycles. The summed E-state index contributed by atoms with van der Waals surface area (Å²) in [5, 5.41) is 3.72. The summed E-state index contributed by atoms with van der Waals surface area (Å²) in [6, 6.07) is 7.66. The van der Waals surface area contributed by atoms with Crippen molar-refractivity contribution in [3.05, 3.63) is 29.6 Å². The van der Waals surface area contributed by atoms with Crippen LogP contribution in [0.25, 0.3) is 0 Å². The summed E-state index contributed by atoms with van der Waals surface area (Å²) in [7, 11) is 0. The van der Waals surface area contributed by atoms with Crippen molar-refractivity contribution in [2.45, 2.75) is 71.5 Å². The monoisotopic (exact) mass is 289 g/mol. The van der Waals surface area contributed by atoms with E-state index < -0.39 is 0 Å². The van der Waals surface area contributed by atoms with Gasteiger partial charge < -0.3 is 5.32 Å². The van der Waals surface area contributed by atoms with Gasteiger partial charge in [0.2, 0.25) is 0 Å². The van der Waals surface area contributed by atoms with Gasteiger partial charge in [0, 0.05) is 24.3 Å². The fourth-order valence-electron chi connectivity index (χ4n) is 3.58. The third-order valence-electron chi connectivity index (χ3n) is 4.63. The van der Waals surface area contributed by atoms with Crippen molar-refractivity contribution in [1.82, 2.24) is 15.2 Å². The van der Waals surface area contributed by atoms with Crippen molar-refractivity contribution in [3.63, 3.8) is 0 Å². The first kappa shape index (κ1) is 16.4. The molecule has 0 bridgehead atoms. The number of pyridine rings is 1. The summed E-state index contributed by atoms with van der Waals surface area (Å²) in [6.07, 6.45) is 6.75. The molecule has 2 rings (SSSR count). The van der Waals surface area contributed by atoms with E-state index in [-0.39, 0.29) is 0 Å². The normalized spacial score (nSPS) is 23.2. The van der Waals surface area contributed by atoms with E-state index in [0.717, 1.165) is 25.3 Å². The Morgan fingerprint density at radius 1 is 1.19 bits per heavy atom. The zero-order chi connectivity index (χ0) is 15.1. The van der Waals surface area contributed by atoms with Crippen LogP contribution in [0.1, 0.15) is 57.3 Å². The van der Waals surface area contributed by atoms with E-state index >= 15 is 0 Å². The molecule has 1 N–H and O–H groups in total. The zero-order valence-corrected chi connectivity index (χ0v) is 13.9. The second kappa shape index (κ2) is 8.50. The summed E-state index contributed by atoms with van der Waals surface area (Å²) in [5.74, 6) is 0. The maximum Gasteiger partial charge on any atom is 0.0547 e. The van der Waals surface area contributed by atoms with Crippen molar-refractivity contribution < 1.29 is 0 Å². The Hall–Kier alpha value is -0.930. The van der Waals surface area contributed by atoms with Gasteiger partial charge in [-0.1, -0.05) is 39.2 Å². The lowest BCUT2D eigenvalue weighted by Crippen LogP contribution is -2.49. The maximum absolute atomic E-state index is 4.69. The highest BCUT2D eigenvalue weighted by Gasteiger charge is 2.27. The summed E-state index contributed by atoms with van der Waals surface area (Å²) in [6.45, 7) is 9.73. The number of aromatic nitrogens is 1. The van der Waals surface area contributed by atoms with Gasteiger partial charge >= 0.3 is 0 Å². The first-order valence-corrected chi connectivity index (χ1v) is 8.64. The Morgan fingerprint density at radius 3 is 2.71 bits per heavy atom. The molecule has 0 aliphatic heterocycles. The largest absolute Gasteiger partial charge is 0.313 e. The first-order chi connectivity index (χ1) is 10.2.